The summed E-state index contributed by atoms with van der Waals surface area (Å²) < 4.78 is 40.2. The number of benzene rings is 1. The van der Waals surface area contributed by atoms with Gasteiger partial charge in [-0.25, -0.2) is 0 Å². The number of nitro groups is 1. The van der Waals surface area contributed by atoms with Gasteiger partial charge in [0.25, 0.3) is 5.69 Å². The van der Waals surface area contributed by atoms with Crippen molar-refractivity contribution in [3.05, 3.63) is 38.9 Å². The van der Waals surface area contributed by atoms with Gasteiger partial charge in [0.2, 0.25) is 0 Å². The first-order chi connectivity index (χ1) is 8.29. The summed E-state index contributed by atoms with van der Waals surface area (Å²) >= 11 is 5.58. The van der Waals surface area contributed by atoms with Crippen molar-refractivity contribution in [2.75, 3.05) is 6.61 Å². The van der Waals surface area contributed by atoms with E-state index in [2.05, 4.69) is 0 Å². The highest BCUT2D eigenvalue weighted by Gasteiger charge is 2.26. The SMILES string of the molecule is O=[N+]([O-])c1cc(COCCC(F)(F)F)ccc1Cl. The molecule has 4 nitrogen and oxygen atoms in total. The summed E-state index contributed by atoms with van der Waals surface area (Å²) in [6, 6.07) is 3.95. The Labute approximate surface area is 105 Å². The monoisotopic (exact) mass is 283 g/mol. The van der Waals surface area contributed by atoms with Crippen molar-refractivity contribution in [3.8, 4) is 0 Å². The highest BCUT2D eigenvalue weighted by Crippen LogP contribution is 2.25. The van der Waals surface area contributed by atoms with Gasteiger partial charge in [-0.05, 0) is 11.6 Å². The smallest absolute Gasteiger partial charge is 0.376 e. The van der Waals surface area contributed by atoms with Gasteiger partial charge in [-0.3, -0.25) is 10.1 Å². The molecule has 0 radical (unpaired) electrons. The second kappa shape index (κ2) is 6.01. The molecule has 0 N–H and O–H groups in total. The van der Waals surface area contributed by atoms with Crippen molar-refractivity contribution in [1.29, 1.82) is 0 Å². The summed E-state index contributed by atoms with van der Waals surface area (Å²) in [7, 11) is 0. The lowest BCUT2D eigenvalue weighted by atomic mass is 10.2. The van der Waals surface area contributed by atoms with Gasteiger partial charge in [-0.2, -0.15) is 13.2 Å². The Hall–Kier alpha value is -1.34. The molecule has 0 aliphatic heterocycles. The molecule has 0 aliphatic carbocycles. The molecule has 0 heterocycles. The van der Waals surface area contributed by atoms with Crippen LogP contribution in [0.1, 0.15) is 12.0 Å². The van der Waals surface area contributed by atoms with E-state index in [1.807, 2.05) is 0 Å². The molecule has 0 fully saturated rings. The summed E-state index contributed by atoms with van der Waals surface area (Å²) in [6.07, 6.45) is -5.32. The molecule has 1 aromatic carbocycles. The van der Waals surface area contributed by atoms with Crippen LogP contribution in [0, 0.1) is 10.1 Å². The molecular weight excluding hydrogens is 275 g/mol. The van der Waals surface area contributed by atoms with E-state index in [4.69, 9.17) is 16.3 Å². The lowest BCUT2D eigenvalue weighted by Crippen LogP contribution is -2.11. The van der Waals surface area contributed by atoms with Crippen LogP contribution in [0.25, 0.3) is 0 Å². The largest absolute Gasteiger partial charge is 0.391 e. The van der Waals surface area contributed by atoms with Crippen LogP contribution in [-0.2, 0) is 11.3 Å². The Morgan fingerprint density at radius 1 is 1.39 bits per heavy atom. The number of hydrogen-bond acceptors (Lipinski definition) is 3. The van der Waals surface area contributed by atoms with Gasteiger partial charge < -0.3 is 4.74 Å². The Morgan fingerprint density at radius 2 is 2.06 bits per heavy atom. The maximum atomic E-state index is 11.8. The molecule has 0 bridgehead atoms. The number of nitrogens with zero attached hydrogens (tertiary/aromatic N) is 1. The van der Waals surface area contributed by atoms with Crippen molar-refractivity contribution in [2.24, 2.45) is 0 Å². The van der Waals surface area contributed by atoms with Gasteiger partial charge in [0.1, 0.15) is 5.02 Å². The molecule has 0 aromatic heterocycles. The van der Waals surface area contributed by atoms with Crippen LogP contribution in [0.5, 0.6) is 0 Å². The third kappa shape index (κ3) is 4.89. The van der Waals surface area contributed by atoms with Gasteiger partial charge in [-0.15, -0.1) is 0 Å². The average Bonchev–Trinajstić information content (AvgIpc) is 2.24. The number of hydrogen-bond donors (Lipinski definition) is 0. The second-order valence-electron chi connectivity index (χ2n) is 3.46. The van der Waals surface area contributed by atoms with Crippen LogP contribution in [-0.4, -0.2) is 17.7 Å². The molecule has 0 atom stereocenters. The molecule has 0 saturated carbocycles. The standard InChI is InChI=1S/C10H9ClF3NO3/c11-8-2-1-7(5-9(8)15(16)17)6-18-4-3-10(12,13)14/h1-2,5H,3-4,6H2. The fraction of sp³-hybridized carbons (Fsp3) is 0.400. The molecule has 100 valence electrons. The molecule has 0 spiro atoms. The first-order valence-corrected chi connectivity index (χ1v) is 5.25. The average molecular weight is 284 g/mol. The van der Waals surface area contributed by atoms with Crippen LogP contribution in [0.3, 0.4) is 0 Å². The Balaban J connectivity index is 2.53. The van der Waals surface area contributed by atoms with Gasteiger partial charge in [-0.1, -0.05) is 17.7 Å². The third-order valence-corrected chi connectivity index (χ3v) is 2.33. The van der Waals surface area contributed by atoms with Crippen LogP contribution in [0.2, 0.25) is 5.02 Å². The number of ether oxygens (including phenoxy) is 1. The predicted molar refractivity (Wildman–Crippen MR) is 58.4 cm³/mol. The lowest BCUT2D eigenvalue weighted by molar-refractivity contribution is -0.384. The van der Waals surface area contributed by atoms with Crippen molar-refractivity contribution in [1.82, 2.24) is 0 Å². The predicted octanol–water partition coefficient (Wildman–Crippen LogP) is 3.72. The quantitative estimate of drug-likeness (QED) is 0.470. The normalized spacial score (nSPS) is 11.6. The van der Waals surface area contributed by atoms with E-state index in [1.54, 1.807) is 0 Å². The fourth-order valence-electron chi connectivity index (χ4n) is 1.17. The van der Waals surface area contributed by atoms with Gasteiger partial charge in [0.15, 0.2) is 0 Å². The van der Waals surface area contributed by atoms with Gasteiger partial charge in [0.05, 0.1) is 24.6 Å². The van der Waals surface area contributed by atoms with Crippen LogP contribution in [0.4, 0.5) is 18.9 Å². The Kier molecular flexibility index (Phi) is 4.92. The molecule has 1 rings (SSSR count). The molecule has 1 aromatic rings. The number of nitro benzene ring substituents is 1. The minimum absolute atomic E-state index is 0.0287. The summed E-state index contributed by atoms with van der Waals surface area (Å²) in [6.45, 7) is -0.617. The number of rotatable bonds is 5. The van der Waals surface area contributed by atoms with E-state index >= 15 is 0 Å². The summed E-state index contributed by atoms with van der Waals surface area (Å²) in [4.78, 5) is 9.90. The first-order valence-electron chi connectivity index (χ1n) is 4.87. The second-order valence-corrected chi connectivity index (χ2v) is 3.87. The molecule has 0 saturated heterocycles. The molecule has 18 heavy (non-hydrogen) atoms. The minimum atomic E-state index is -4.27. The van der Waals surface area contributed by atoms with E-state index in [9.17, 15) is 23.3 Å². The summed E-state index contributed by atoms with van der Waals surface area (Å²) in [5.74, 6) is 0. The van der Waals surface area contributed by atoms with E-state index < -0.39 is 24.1 Å². The van der Waals surface area contributed by atoms with Crippen molar-refractivity contribution >= 4 is 17.3 Å². The minimum Gasteiger partial charge on any atom is -0.376 e. The molecular formula is C10H9ClF3NO3. The fourth-order valence-corrected chi connectivity index (χ4v) is 1.35. The Morgan fingerprint density at radius 3 is 2.61 bits per heavy atom. The molecule has 0 unspecified atom stereocenters. The Bertz CT molecular complexity index is 437. The van der Waals surface area contributed by atoms with E-state index in [0.29, 0.717) is 5.56 Å². The molecule has 0 amide bonds. The van der Waals surface area contributed by atoms with Crippen LogP contribution in [0.15, 0.2) is 18.2 Å². The summed E-state index contributed by atoms with van der Waals surface area (Å²) in [5, 5.41) is 10.5. The van der Waals surface area contributed by atoms with Crippen molar-refractivity contribution < 1.29 is 22.8 Å². The maximum Gasteiger partial charge on any atom is 0.391 e. The van der Waals surface area contributed by atoms with Gasteiger partial charge >= 0.3 is 6.18 Å². The third-order valence-electron chi connectivity index (χ3n) is 2.01. The van der Waals surface area contributed by atoms with E-state index in [1.165, 1.54) is 18.2 Å². The lowest BCUT2D eigenvalue weighted by Gasteiger charge is -2.07. The molecule has 8 heteroatoms. The van der Waals surface area contributed by atoms with Gasteiger partial charge in [0, 0.05) is 6.07 Å². The highest BCUT2D eigenvalue weighted by atomic mass is 35.5. The van der Waals surface area contributed by atoms with Crippen molar-refractivity contribution in [3.63, 3.8) is 0 Å². The summed E-state index contributed by atoms with van der Waals surface area (Å²) in [5.41, 5.74) is 0.0989. The van der Waals surface area contributed by atoms with E-state index in [-0.39, 0.29) is 17.3 Å². The highest BCUT2D eigenvalue weighted by molar-refractivity contribution is 6.32. The topological polar surface area (TPSA) is 52.4 Å². The number of halogens is 4. The van der Waals surface area contributed by atoms with Crippen molar-refractivity contribution in [2.45, 2.75) is 19.2 Å². The zero-order chi connectivity index (χ0) is 13.8. The van der Waals surface area contributed by atoms with Crippen LogP contribution < -0.4 is 0 Å². The number of alkyl halides is 3. The maximum absolute atomic E-state index is 11.8. The van der Waals surface area contributed by atoms with E-state index in [0.717, 1.165) is 0 Å². The zero-order valence-electron chi connectivity index (χ0n) is 9.04. The molecule has 0 aliphatic rings. The van der Waals surface area contributed by atoms with Crippen LogP contribution >= 0.6 is 11.6 Å². The zero-order valence-corrected chi connectivity index (χ0v) is 9.79. The first kappa shape index (κ1) is 14.7.